The standard InChI is InChI=1S/C37H42N6O7/c1-25(44)40-31-29(41-36(47)50-37(2,3)4)24-30(35(46)49-32(27-16-10-6-11-17-27)28-18-12-7-13-19-28)48-33(31)34(45)43(23-21-39-42-38)22-20-26-14-8-5-9-15-26/h5-19,24,29,31-33H,20-23H2,1-4H3,(H,40,44)(H,41,47)/t29-,31+,33+/m0/s1. The number of alkyl carbamates (subject to hydrolysis) is 1. The molecule has 0 fully saturated rings. The van der Waals surface area contributed by atoms with Crippen molar-refractivity contribution in [2.45, 2.75) is 64.0 Å². The lowest BCUT2D eigenvalue weighted by Crippen LogP contribution is -2.63. The Morgan fingerprint density at radius 3 is 2.02 bits per heavy atom. The van der Waals surface area contributed by atoms with Gasteiger partial charge in [-0.2, -0.15) is 0 Å². The number of amides is 3. The maximum absolute atomic E-state index is 14.4. The summed E-state index contributed by atoms with van der Waals surface area (Å²) >= 11 is 0. The van der Waals surface area contributed by atoms with Gasteiger partial charge in [-0.3, -0.25) is 9.59 Å². The Morgan fingerprint density at radius 1 is 0.900 bits per heavy atom. The molecule has 3 aromatic carbocycles. The highest BCUT2D eigenvalue weighted by Crippen LogP contribution is 2.29. The monoisotopic (exact) mass is 682 g/mol. The summed E-state index contributed by atoms with van der Waals surface area (Å²) in [7, 11) is 0. The quantitative estimate of drug-likeness (QED) is 0.105. The van der Waals surface area contributed by atoms with E-state index >= 15 is 0 Å². The van der Waals surface area contributed by atoms with Gasteiger partial charge in [0.15, 0.2) is 12.2 Å². The zero-order valence-electron chi connectivity index (χ0n) is 28.5. The molecule has 0 bridgehead atoms. The van der Waals surface area contributed by atoms with Crippen molar-refractivity contribution in [1.29, 1.82) is 0 Å². The summed E-state index contributed by atoms with van der Waals surface area (Å²) in [6.45, 7) is 6.53. The highest BCUT2D eigenvalue weighted by atomic mass is 16.6. The van der Waals surface area contributed by atoms with Crippen molar-refractivity contribution in [2.24, 2.45) is 5.11 Å². The van der Waals surface area contributed by atoms with Crippen LogP contribution in [0.25, 0.3) is 10.4 Å². The molecule has 50 heavy (non-hydrogen) atoms. The molecular formula is C37H42N6O7. The zero-order valence-corrected chi connectivity index (χ0v) is 28.5. The molecule has 4 rings (SSSR count). The Bertz CT molecular complexity index is 1650. The number of hydrogen-bond acceptors (Lipinski definition) is 8. The van der Waals surface area contributed by atoms with E-state index < -0.39 is 53.8 Å². The number of nitrogens with zero attached hydrogens (tertiary/aromatic N) is 4. The minimum absolute atomic E-state index is 0.0279. The number of benzene rings is 3. The number of hydrogen-bond donors (Lipinski definition) is 2. The van der Waals surface area contributed by atoms with Gasteiger partial charge in [-0.05, 0) is 55.5 Å². The van der Waals surface area contributed by atoms with Gasteiger partial charge in [0.25, 0.3) is 5.91 Å². The third-order valence-corrected chi connectivity index (χ3v) is 7.58. The SMILES string of the molecule is CC(=O)N[C@@H]1[C@@H](NC(=O)OC(C)(C)C)C=C(C(=O)OC(c2ccccc2)c2ccccc2)O[C@H]1C(=O)N(CCN=[N+]=[N-])CCc1ccccc1. The van der Waals surface area contributed by atoms with Crippen LogP contribution in [0, 0.1) is 0 Å². The number of carbonyl (C=O) groups excluding carboxylic acids is 4. The van der Waals surface area contributed by atoms with Crippen molar-refractivity contribution in [3.8, 4) is 0 Å². The van der Waals surface area contributed by atoms with Gasteiger partial charge < -0.3 is 29.7 Å². The second kappa shape index (κ2) is 17.5. The van der Waals surface area contributed by atoms with E-state index in [9.17, 15) is 19.2 Å². The van der Waals surface area contributed by atoms with E-state index in [0.717, 1.165) is 5.56 Å². The summed E-state index contributed by atoms with van der Waals surface area (Å²) in [5, 5.41) is 9.01. The fourth-order valence-electron chi connectivity index (χ4n) is 5.38. The molecule has 3 atom stereocenters. The molecule has 13 heteroatoms. The molecule has 2 N–H and O–H groups in total. The molecule has 1 heterocycles. The predicted octanol–water partition coefficient (Wildman–Crippen LogP) is 5.38. The predicted molar refractivity (Wildman–Crippen MR) is 185 cm³/mol. The minimum atomic E-state index is -1.50. The summed E-state index contributed by atoms with van der Waals surface area (Å²) < 4.78 is 17.7. The summed E-state index contributed by atoms with van der Waals surface area (Å²) in [5.74, 6) is -2.36. The average Bonchev–Trinajstić information content (AvgIpc) is 3.09. The molecule has 1 aliphatic rings. The van der Waals surface area contributed by atoms with Gasteiger partial charge in [-0.1, -0.05) is 96.1 Å². The van der Waals surface area contributed by atoms with E-state index in [2.05, 4.69) is 20.7 Å². The molecule has 3 aromatic rings. The fourth-order valence-corrected chi connectivity index (χ4v) is 5.38. The molecule has 0 saturated heterocycles. The van der Waals surface area contributed by atoms with E-state index in [0.29, 0.717) is 17.5 Å². The summed E-state index contributed by atoms with van der Waals surface area (Å²) in [4.78, 5) is 58.2. The van der Waals surface area contributed by atoms with Crippen LogP contribution in [0.5, 0.6) is 0 Å². The molecule has 0 aromatic heterocycles. The first-order valence-electron chi connectivity index (χ1n) is 16.2. The molecule has 13 nitrogen and oxygen atoms in total. The maximum atomic E-state index is 14.4. The largest absolute Gasteiger partial charge is 0.471 e. The van der Waals surface area contributed by atoms with E-state index in [-0.39, 0.29) is 25.4 Å². The first-order valence-corrected chi connectivity index (χ1v) is 16.2. The van der Waals surface area contributed by atoms with Crippen LogP contribution >= 0.6 is 0 Å². The average molecular weight is 683 g/mol. The van der Waals surface area contributed by atoms with Crippen LogP contribution in [0.2, 0.25) is 0 Å². The summed E-state index contributed by atoms with van der Waals surface area (Å²) in [6, 6.07) is 25.4. The highest BCUT2D eigenvalue weighted by Gasteiger charge is 2.45. The Balaban J connectivity index is 1.72. The van der Waals surface area contributed by atoms with Crippen LogP contribution in [0.15, 0.2) is 108 Å². The van der Waals surface area contributed by atoms with E-state index in [1.165, 1.54) is 17.9 Å². The Labute approximate surface area is 291 Å². The van der Waals surface area contributed by atoms with Gasteiger partial charge in [0.1, 0.15) is 5.60 Å². The van der Waals surface area contributed by atoms with Crippen molar-refractivity contribution in [2.75, 3.05) is 19.6 Å². The molecular weight excluding hydrogens is 640 g/mol. The van der Waals surface area contributed by atoms with Crippen LogP contribution in [0.3, 0.4) is 0 Å². The normalized spacial score (nSPS) is 16.9. The molecule has 3 amide bonds. The van der Waals surface area contributed by atoms with Crippen molar-refractivity contribution in [1.82, 2.24) is 15.5 Å². The van der Waals surface area contributed by atoms with E-state index in [4.69, 9.17) is 19.7 Å². The van der Waals surface area contributed by atoms with Crippen molar-refractivity contribution >= 4 is 23.9 Å². The molecule has 262 valence electrons. The van der Waals surface area contributed by atoms with Gasteiger partial charge in [0.2, 0.25) is 11.7 Å². The van der Waals surface area contributed by atoms with Gasteiger partial charge in [0.05, 0.1) is 12.1 Å². The smallest absolute Gasteiger partial charge is 0.408 e. The molecule has 1 aliphatic heterocycles. The highest BCUT2D eigenvalue weighted by molar-refractivity contribution is 5.90. The van der Waals surface area contributed by atoms with Crippen LogP contribution in [-0.2, 0) is 35.0 Å². The molecule has 0 spiro atoms. The lowest BCUT2D eigenvalue weighted by molar-refractivity contribution is -0.154. The number of ether oxygens (including phenoxy) is 3. The number of azide groups is 1. The topological polar surface area (TPSA) is 172 Å². The third-order valence-electron chi connectivity index (χ3n) is 7.58. The first kappa shape index (κ1) is 37.0. The third kappa shape index (κ3) is 10.9. The van der Waals surface area contributed by atoms with Gasteiger partial charge in [0, 0.05) is 31.5 Å². The lowest BCUT2D eigenvalue weighted by atomic mass is 9.96. The van der Waals surface area contributed by atoms with Gasteiger partial charge in [-0.15, -0.1) is 0 Å². The van der Waals surface area contributed by atoms with Crippen molar-refractivity contribution in [3.63, 3.8) is 0 Å². The second-order valence-corrected chi connectivity index (χ2v) is 12.6. The summed E-state index contributed by atoms with van der Waals surface area (Å²) in [5.41, 5.74) is 10.4. The van der Waals surface area contributed by atoms with Crippen molar-refractivity contribution in [3.05, 3.63) is 130 Å². The second-order valence-electron chi connectivity index (χ2n) is 12.6. The zero-order chi connectivity index (χ0) is 36.1. The number of rotatable bonds is 13. The maximum Gasteiger partial charge on any atom is 0.408 e. The number of nitrogens with one attached hydrogen (secondary N) is 2. The number of esters is 1. The van der Waals surface area contributed by atoms with Crippen LogP contribution < -0.4 is 10.6 Å². The van der Waals surface area contributed by atoms with Crippen LogP contribution in [-0.4, -0.2) is 72.2 Å². The van der Waals surface area contributed by atoms with Gasteiger partial charge >= 0.3 is 12.1 Å². The van der Waals surface area contributed by atoms with Crippen LogP contribution in [0.4, 0.5) is 4.79 Å². The lowest BCUT2D eigenvalue weighted by Gasteiger charge is -2.39. The Kier molecular flexibility index (Phi) is 13.0. The molecule has 0 radical (unpaired) electrons. The van der Waals surface area contributed by atoms with Crippen molar-refractivity contribution < 1.29 is 33.4 Å². The molecule has 0 saturated carbocycles. The van der Waals surface area contributed by atoms with Crippen LogP contribution in [0.1, 0.15) is 50.5 Å². The van der Waals surface area contributed by atoms with Gasteiger partial charge in [-0.25, -0.2) is 9.59 Å². The van der Waals surface area contributed by atoms with E-state index in [1.807, 2.05) is 91.0 Å². The minimum Gasteiger partial charge on any atom is -0.471 e. The fraction of sp³-hybridized carbons (Fsp3) is 0.351. The first-order chi connectivity index (χ1) is 23.9. The summed E-state index contributed by atoms with van der Waals surface area (Å²) in [6.07, 6.45) is -1.41. The molecule has 0 unspecified atom stereocenters. The molecule has 0 aliphatic carbocycles. The van der Waals surface area contributed by atoms with E-state index in [1.54, 1.807) is 20.8 Å². The Hall–Kier alpha value is -5.81. The number of carbonyl (C=O) groups is 4. The Morgan fingerprint density at radius 2 is 1.48 bits per heavy atom.